The second-order valence-electron chi connectivity index (χ2n) is 5.15. The van der Waals surface area contributed by atoms with E-state index < -0.39 is 0 Å². The minimum Gasteiger partial charge on any atom is -0.381 e. The summed E-state index contributed by atoms with van der Waals surface area (Å²) in [7, 11) is 1.82. The van der Waals surface area contributed by atoms with Crippen molar-refractivity contribution in [3.8, 4) is 6.07 Å². The number of aryl methyl sites for hydroxylation is 1. The van der Waals surface area contributed by atoms with Gasteiger partial charge in [-0.15, -0.1) is 0 Å². The van der Waals surface area contributed by atoms with Gasteiger partial charge in [-0.3, -0.25) is 0 Å². The molecule has 1 aromatic heterocycles. The minimum atomic E-state index is 0.202. The predicted molar refractivity (Wildman–Crippen MR) is 68.6 cm³/mol. The quantitative estimate of drug-likeness (QED) is 0.819. The van der Waals surface area contributed by atoms with Crippen molar-refractivity contribution in [3.05, 3.63) is 22.9 Å². The van der Waals surface area contributed by atoms with Crippen molar-refractivity contribution in [1.82, 2.24) is 4.98 Å². The van der Waals surface area contributed by atoms with Gasteiger partial charge in [0.1, 0.15) is 11.9 Å². The van der Waals surface area contributed by atoms with E-state index in [9.17, 15) is 0 Å². The van der Waals surface area contributed by atoms with E-state index >= 15 is 0 Å². The maximum Gasteiger partial charge on any atom is 0.144 e. The molecule has 1 spiro atoms. The van der Waals surface area contributed by atoms with Crippen molar-refractivity contribution in [2.45, 2.75) is 31.1 Å². The smallest absolute Gasteiger partial charge is 0.144 e. The van der Waals surface area contributed by atoms with Gasteiger partial charge in [0, 0.05) is 25.7 Å². The molecule has 2 heterocycles. The highest BCUT2D eigenvalue weighted by atomic mass is 16.5. The van der Waals surface area contributed by atoms with Gasteiger partial charge in [-0.1, -0.05) is 0 Å². The number of nitrogens with zero attached hydrogens (tertiary/aromatic N) is 2. The number of fused-ring (bicyclic) bond motifs is 2. The second kappa shape index (κ2) is 4.25. The van der Waals surface area contributed by atoms with Crippen LogP contribution in [0.2, 0.25) is 0 Å². The van der Waals surface area contributed by atoms with E-state index in [1.165, 1.54) is 11.3 Å². The topological polar surface area (TPSA) is 57.9 Å². The zero-order valence-corrected chi connectivity index (χ0v) is 10.6. The number of rotatable bonds is 1. The van der Waals surface area contributed by atoms with Crippen LogP contribution in [0.15, 0.2) is 6.07 Å². The van der Waals surface area contributed by atoms with Gasteiger partial charge in [0.05, 0.1) is 11.3 Å². The molecule has 1 aliphatic heterocycles. The van der Waals surface area contributed by atoms with Gasteiger partial charge in [0.25, 0.3) is 0 Å². The first-order valence-corrected chi connectivity index (χ1v) is 6.49. The summed E-state index contributed by atoms with van der Waals surface area (Å²) in [6.07, 6.45) is 4.31. The summed E-state index contributed by atoms with van der Waals surface area (Å²) in [5.41, 5.74) is 3.31. The number of pyridine rings is 1. The van der Waals surface area contributed by atoms with Crippen LogP contribution in [0.5, 0.6) is 0 Å². The highest BCUT2D eigenvalue weighted by molar-refractivity contribution is 5.56. The third kappa shape index (κ3) is 1.58. The number of nitrogens with one attached hydrogen (secondary N) is 1. The number of hydrogen-bond donors (Lipinski definition) is 1. The Morgan fingerprint density at radius 3 is 2.83 bits per heavy atom. The number of ether oxygens (including phenoxy) is 1. The fraction of sp³-hybridized carbons (Fsp3) is 0.571. The van der Waals surface area contributed by atoms with Crippen LogP contribution in [0.1, 0.15) is 36.1 Å². The van der Waals surface area contributed by atoms with Crippen molar-refractivity contribution < 1.29 is 4.74 Å². The molecule has 1 aromatic rings. The summed E-state index contributed by atoms with van der Waals surface area (Å²) >= 11 is 0. The summed E-state index contributed by atoms with van der Waals surface area (Å²) in [4.78, 5) is 4.73. The van der Waals surface area contributed by atoms with E-state index in [0.717, 1.165) is 38.9 Å². The van der Waals surface area contributed by atoms with Crippen LogP contribution in [0.25, 0.3) is 0 Å². The zero-order valence-electron chi connectivity index (χ0n) is 10.6. The number of anilines is 1. The monoisotopic (exact) mass is 243 g/mol. The lowest BCUT2D eigenvalue weighted by atomic mass is 9.78. The average Bonchev–Trinajstić information content (AvgIpc) is 2.76. The Balaban J connectivity index is 2.08. The van der Waals surface area contributed by atoms with Crippen LogP contribution in [0.4, 0.5) is 5.82 Å². The van der Waals surface area contributed by atoms with Crippen LogP contribution < -0.4 is 5.32 Å². The Kier molecular flexibility index (Phi) is 2.71. The molecule has 0 unspecified atom stereocenters. The Morgan fingerprint density at radius 2 is 2.17 bits per heavy atom. The van der Waals surface area contributed by atoms with Gasteiger partial charge in [-0.25, -0.2) is 4.98 Å². The molecule has 0 amide bonds. The number of nitriles is 1. The van der Waals surface area contributed by atoms with Crippen molar-refractivity contribution in [2.24, 2.45) is 0 Å². The summed E-state index contributed by atoms with van der Waals surface area (Å²) in [6.45, 7) is 1.66. The maximum absolute atomic E-state index is 9.13. The molecule has 1 fully saturated rings. The molecule has 0 radical (unpaired) electrons. The molecule has 1 N–H and O–H groups in total. The van der Waals surface area contributed by atoms with E-state index in [1.807, 2.05) is 13.1 Å². The SMILES string of the molecule is CNc1nc2c(cc1C#N)CCC21CCOCC1. The van der Waals surface area contributed by atoms with E-state index in [4.69, 9.17) is 15.0 Å². The molecule has 3 rings (SSSR count). The molecule has 1 saturated heterocycles. The van der Waals surface area contributed by atoms with Gasteiger partial charge < -0.3 is 10.1 Å². The fourth-order valence-corrected chi connectivity index (χ4v) is 3.22. The molecule has 18 heavy (non-hydrogen) atoms. The molecular formula is C14H17N3O. The largest absolute Gasteiger partial charge is 0.381 e. The predicted octanol–water partition coefficient (Wildman–Crippen LogP) is 1.99. The molecule has 4 nitrogen and oxygen atoms in total. The highest BCUT2D eigenvalue weighted by Crippen LogP contribution is 2.45. The van der Waals surface area contributed by atoms with Gasteiger partial charge >= 0.3 is 0 Å². The van der Waals surface area contributed by atoms with Crippen LogP contribution in [0, 0.1) is 11.3 Å². The number of aromatic nitrogens is 1. The van der Waals surface area contributed by atoms with Gasteiger partial charge in [-0.2, -0.15) is 5.26 Å². The third-order valence-electron chi connectivity index (χ3n) is 4.28. The third-order valence-corrected chi connectivity index (χ3v) is 4.28. The lowest BCUT2D eigenvalue weighted by Gasteiger charge is -2.33. The lowest BCUT2D eigenvalue weighted by Crippen LogP contribution is -2.32. The first-order chi connectivity index (χ1) is 8.79. The van der Waals surface area contributed by atoms with Crippen LogP contribution in [-0.4, -0.2) is 25.2 Å². The molecule has 0 atom stereocenters. The minimum absolute atomic E-state index is 0.202. The van der Waals surface area contributed by atoms with Crippen LogP contribution >= 0.6 is 0 Å². The maximum atomic E-state index is 9.13. The summed E-state index contributed by atoms with van der Waals surface area (Å²) in [6, 6.07) is 4.23. The van der Waals surface area contributed by atoms with E-state index in [1.54, 1.807) is 0 Å². The van der Waals surface area contributed by atoms with E-state index in [2.05, 4.69) is 11.4 Å². The molecule has 0 aromatic carbocycles. The van der Waals surface area contributed by atoms with Crippen molar-refractivity contribution >= 4 is 5.82 Å². The normalized spacial score (nSPS) is 20.4. The highest BCUT2D eigenvalue weighted by Gasteiger charge is 2.41. The second-order valence-corrected chi connectivity index (χ2v) is 5.15. The first kappa shape index (κ1) is 11.5. The Hall–Kier alpha value is -1.60. The summed E-state index contributed by atoms with van der Waals surface area (Å²) in [5.74, 6) is 0.712. The molecule has 94 valence electrons. The van der Waals surface area contributed by atoms with Crippen molar-refractivity contribution in [3.63, 3.8) is 0 Å². The molecule has 2 aliphatic rings. The van der Waals surface area contributed by atoms with E-state index in [0.29, 0.717) is 11.4 Å². The Labute approximate surface area is 107 Å². The van der Waals surface area contributed by atoms with Gasteiger partial charge in [0.2, 0.25) is 0 Å². The summed E-state index contributed by atoms with van der Waals surface area (Å²) in [5, 5.41) is 12.2. The van der Waals surface area contributed by atoms with Gasteiger partial charge in [-0.05, 0) is 37.3 Å². The van der Waals surface area contributed by atoms with E-state index in [-0.39, 0.29) is 5.41 Å². The molecule has 0 saturated carbocycles. The number of hydrogen-bond acceptors (Lipinski definition) is 4. The van der Waals surface area contributed by atoms with Crippen LogP contribution in [0.3, 0.4) is 0 Å². The van der Waals surface area contributed by atoms with Crippen molar-refractivity contribution in [1.29, 1.82) is 5.26 Å². The standard InChI is InChI=1S/C14H17N3O/c1-16-13-11(9-15)8-10-2-3-14(12(10)17-13)4-6-18-7-5-14/h8H,2-7H2,1H3,(H,16,17). The van der Waals surface area contributed by atoms with Crippen molar-refractivity contribution in [2.75, 3.05) is 25.6 Å². The zero-order chi connectivity index (χ0) is 12.6. The Morgan fingerprint density at radius 1 is 1.39 bits per heavy atom. The first-order valence-electron chi connectivity index (χ1n) is 6.49. The molecule has 1 aliphatic carbocycles. The van der Waals surface area contributed by atoms with Gasteiger partial charge in [0.15, 0.2) is 0 Å². The molecule has 0 bridgehead atoms. The summed E-state index contributed by atoms with van der Waals surface area (Å²) < 4.78 is 5.48. The fourth-order valence-electron chi connectivity index (χ4n) is 3.22. The molecular weight excluding hydrogens is 226 g/mol. The molecule has 4 heteroatoms. The average molecular weight is 243 g/mol. The van der Waals surface area contributed by atoms with Crippen LogP contribution in [-0.2, 0) is 16.6 Å². The Bertz CT molecular complexity index is 513. The lowest BCUT2D eigenvalue weighted by molar-refractivity contribution is 0.0493.